The van der Waals surface area contributed by atoms with Gasteiger partial charge < -0.3 is 14.8 Å². The maximum Gasteiger partial charge on any atom is 0.185 e. The normalized spacial score (nSPS) is 14.9. The predicted octanol–water partition coefficient (Wildman–Crippen LogP) is 3.05. The molecular formula is C24H21N7. The first-order valence-corrected chi connectivity index (χ1v) is 10.5. The first-order valence-electron chi connectivity index (χ1n) is 10.5. The predicted molar refractivity (Wildman–Crippen MR) is 119 cm³/mol. The van der Waals surface area contributed by atoms with E-state index in [0.29, 0.717) is 5.56 Å². The van der Waals surface area contributed by atoms with Crippen molar-refractivity contribution in [1.29, 1.82) is 5.26 Å². The van der Waals surface area contributed by atoms with Crippen molar-refractivity contribution in [3.05, 3.63) is 72.2 Å². The van der Waals surface area contributed by atoms with Crippen LogP contribution in [0.5, 0.6) is 0 Å². The van der Waals surface area contributed by atoms with Crippen molar-refractivity contribution < 1.29 is 0 Å². The summed E-state index contributed by atoms with van der Waals surface area (Å²) in [4.78, 5) is 2.44. The maximum absolute atomic E-state index is 9.08. The zero-order valence-electron chi connectivity index (χ0n) is 17.0. The third kappa shape index (κ3) is 3.00. The summed E-state index contributed by atoms with van der Waals surface area (Å²) in [5, 5.41) is 21.1. The summed E-state index contributed by atoms with van der Waals surface area (Å²) in [6.45, 7) is 4.84. The third-order valence-corrected chi connectivity index (χ3v) is 6.17. The van der Waals surface area contributed by atoms with E-state index < -0.39 is 0 Å². The molecule has 2 aliphatic heterocycles. The molecule has 1 fully saturated rings. The molecular weight excluding hydrogens is 386 g/mol. The Kier molecular flexibility index (Phi) is 4.11. The fourth-order valence-corrected chi connectivity index (χ4v) is 4.55. The van der Waals surface area contributed by atoms with E-state index in [1.807, 2.05) is 24.3 Å². The Labute approximate surface area is 180 Å². The van der Waals surface area contributed by atoms with Crippen LogP contribution in [0.1, 0.15) is 11.1 Å². The number of fused-ring (bicyclic) bond motifs is 5. The molecule has 0 amide bonds. The second-order valence-electron chi connectivity index (χ2n) is 8.01. The number of hydrogen-bond acceptors (Lipinski definition) is 5. The molecule has 152 valence electrons. The van der Waals surface area contributed by atoms with Gasteiger partial charge in [0.15, 0.2) is 5.82 Å². The molecule has 4 heterocycles. The lowest BCUT2D eigenvalue weighted by atomic mass is 10.1. The minimum absolute atomic E-state index is 0.665. The molecule has 1 saturated heterocycles. The Bertz CT molecular complexity index is 1300. The van der Waals surface area contributed by atoms with Crippen LogP contribution in [-0.2, 0) is 6.54 Å². The lowest BCUT2D eigenvalue weighted by molar-refractivity contribution is 0.589. The number of nitriles is 1. The van der Waals surface area contributed by atoms with Gasteiger partial charge in [-0.25, -0.2) is 0 Å². The van der Waals surface area contributed by atoms with Crippen LogP contribution < -0.4 is 10.2 Å². The highest BCUT2D eigenvalue weighted by Gasteiger charge is 2.23. The van der Waals surface area contributed by atoms with E-state index in [1.54, 1.807) is 6.33 Å². The van der Waals surface area contributed by atoms with E-state index in [9.17, 15) is 0 Å². The molecule has 0 unspecified atom stereocenters. The van der Waals surface area contributed by atoms with Crippen LogP contribution in [0.25, 0.3) is 28.3 Å². The van der Waals surface area contributed by atoms with E-state index in [0.717, 1.165) is 61.1 Å². The quantitative estimate of drug-likeness (QED) is 0.487. The molecule has 2 aromatic carbocycles. The van der Waals surface area contributed by atoms with Gasteiger partial charge in [0.05, 0.1) is 23.0 Å². The second kappa shape index (κ2) is 7.11. The van der Waals surface area contributed by atoms with Crippen LogP contribution in [0, 0.1) is 11.3 Å². The average molecular weight is 407 g/mol. The molecule has 6 rings (SSSR count). The van der Waals surface area contributed by atoms with Crippen LogP contribution in [0.2, 0.25) is 0 Å². The number of anilines is 1. The van der Waals surface area contributed by atoms with Crippen LogP contribution in [0.15, 0.2) is 61.1 Å². The van der Waals surface area contributed by atoms with Crippen LogP contribution in [0.4, 0.5) is 5.69 Å². The first-order chi connectivity index (χ1) is 15.3. The van der Waals surface area contributed by atoms with Crippen molar-refractivity contribution >= 4 is 5.69 Å². The average Bonchev–Trinajstić information content (AvgIpc) is 3.45. The number of benzene rings is 2. The summed E-state index contributed by atoms with van der Waals surface area (Å²) in [5.41, 5.74) is 7.53. The molecule has 1 N–H and O–H groups in total. The van der Waals surface area contributed by atoms with Gasteiger partial charge in [-0.15, -0.1) is 10.2 Å². The topological polar surface area (TPSA) is 74.7 Å². The van der Waals surface area contributed by atoms with Crippen molar-refractivity contribution in [2.45, 2.75) is 6.54 Å². The molecule has 2 aromatic heterocycles. The third-order valence-electron chi connectivity index (χ3n) is 6.17. The number of nitrogens with one attached hydrogen (secondary N) is 1. The van der Waals surface area contributed by atoms with Gasteiger partial charge in [-0.05, 0) is 47.5 Å². The number of nitrogens with zero attached hydrogens (tertiary/aromatic N) is 6. The zero-order valence-corrected chi connectivity index (χ0v) is 17.0. The van der Waals surface area contributed by atoms with E-state index >= 15 is 0 Å². The SMILES string of the molecule is N#Cc1ccc(-c2cc3n(c2)Cc2cc(N4CCNCC4)ccc2-n2cnnc2-3)cc1. The Morgan fingerprint density at radius 1 is 0.968 bits per heavy atom. The fraction of sp³-hybridized carbons (Fsp3) is 0.208. The van der Waals surface area contributed by atoms with Gasteiger partial charge in [0.1, 0.15) is 6.33 Å². The Morgan fingerprint density at radius 2 is 1.81 bits per heavy atom. The first kappa shape index (κ1) is 17.9. The summed E-state index contributed by atoms with van der Waals surface area (Å²) >= 11 is 0. The highest BCUT2D eigenvalue weighted by molar-refractivity contribution is 5.72. The molecule has 4 aromatic rings. The maximum atomic E-state index is 9.08. The zero-order chi connectivity index (χ0) is 20.8. The standard InChI is InChI=1S/C24H21N7/c25-13-17-1-3-18(4-2-17)19-12-23-24-28-27-16-31(24)22-6-5-21(29-9-7-26-8-10-29)11-20(22)15-30(23)14-19/h1-6,11-12,14,16,26H,7-10,15H2. The number of piperazine rings is 1. The number of rotatable bonds is 2. The molecule has 0 spiro atoms. The highest BCUT2D eigenvalue weighted by atomic mass is 15.3. The molecule has 0 aliphatic carbocycles. The second-order valence-corrected chi connectivity index (χ2v) is 8.01. The number of hydrogen-bond donors (Lipinski definition) is 1. The van der Waals surface area contributed by atoms with Crippen LogP contribution >= 0.6 is 0 Å². The van der Waals surface area contributed by atoms with E-state index in [1.165, 1.54) is 11.3 Å². The van der Waals surface area contributed by atoms with Gasteiger partial charge in [0, 0.05) is 50.2 Å². The van der Waals surface area contributed by atoms with Crippen molar-refractivity contribution in [3.63, 3.8) is 0 Å². The monoisotopic (exact) mass is 407 g/mol. The lowest BCUT2D eigenvalue weighted by Crippen LogP contribution is -2.43. The smallest absolute Gasteiger partial charge is 0.185 e. The minimum atomic E-state index is 0.665. The largest absolute Gasteiger partial charge is 0.369 e. The fourth-order valence-electron chi connectivity index (χ4n) is 4.55. The minimum Gasteiger partial charge on any atom is -0.369 e. The van der Waals surface area contributed by atoms with Crippen LogP contribution in [-0.4, -0.2) is 45.5 Å². The van der Waals surface area contributed by atoms with E-state index in [-0.39, 0.29) is 0 Å². The molecule has 7 nitrogen and oxygen atoms in total. The van der Waals surface area contributed by atoms with Crippen molar-refractivity contribution in [2.24, 2.45) is 0 Å². The van der Waals surface area contributed by atoms with Gasteiger partial charge in [0.2, 0.25) is 0 Å². The number of aromatic nitrogens is 4. The summed E-state index contributed by atoms with van der Waals surface area (Å²) in [7, 11) is 0. The van der Waals surface area contributed by atoms with Gasteiger partial charge >= 0.3 is 0 Å². The lowest BCUT2D eigenvalue weighted by Gasteiger charge is -2.30. The van der Waals surface area contributed by atoms with E-state index in [4.69, 9.17) is 5.26 Å². The van der Waals surface area contributed by atoms with E-state index in [2.05, 4.69) is 66.1 Å². The summed E-state index contributed by atoms with van der Waals surface area (Å²) in [5.74, 6) is 0.841. The Hall–Kier alpha value is -3.89. The summed E-state index contributed by atoms with van der Waals surface area (Å²) in [6.07, 6.45) is 3.96. The molecule has 0 bridgehead atoms. The van der Waals surface area contributed by atoms with Gasteiger partial charge in [0.25, 0.3) is 0 Å². The Morgan fingerprint density at radius 3 is 2.61 bits per heavy atom. The van der Waals surface area contributed by atoms with Crippen molar-refractivity contribution in [3.8, 4) is 34.4 Å². The molecule has 0 saturated carbocycles. The van der Waals surface area contributed by atoms with Gasteiger partial charge in [-0.3, -0.25) is 4.57 Å². The van der Waals surface area contributed by atoms with Gasteiger partial charge in [-0.2, -0.15) is 5.26 Å². The molecule has 0 radical (unpaired) electrons. The molecule has 2 aliphatic rings. The van der Waals surface area contributed by atoms with Gasteiger partial charge in [-0.1, -0.05) is 12.1 Å². The molecule has 7 heteroatoms. The van der Waals surface area contributed by atoms with Crippen molar-refractivity contribution in [2.75, 3.05) is 31.1 Å². The Balaban J connectivity index is 1.44. The summed E-state index contributed by atoms with van der Waals surface area (Å²) < 4.78 is 4.33. The van der Waals surface area contributed by atoms with Crippen LogP contribution in [0.3, 0.4) is 0 Å². The molecule has 0 atom stereocenters. The highest BCUT2D eigenvalue weighted by Crippen LogP contribution is 2.35. The molecule has 31 heavy (non-hydrogen) atoms. The van der Waals surface area contributed by atoms with Crippen molar-refractivity contribution in [1.82, 2.24) is 24.6 Å². The summed E-state index contributed by atoms with van der Waals surface area (Å²) in [6, 6.07) is 18.7.